The van der Waals surface area contributed by atoms with E-state index in [0.717, 1.165) is 22.1 Å². The van der Waals surface area contributed by atoms with Crippen molar-refractivity contribution in [1.29, 1.82) is 0 Å². The number of amides is 1. The van der Waals surface area contributed by atoms with Crippen LogP contribution in [0.1, 0.15) is 31.4 Å². The SMILES string of the molecule is CNC(=O)CCCOc1c([C@H](C)N)ccc2ccccc12. The zero-order valence-electron chi connectivity index (χ0n) is 12.6. The van der Waals surface area contributed by atoms with E-state index < -0.39 is 0 Å². The van der Waals surface area contributed by atoms with Crippen molar-refractivity contribution in [1.82, 2.24) is 5.32 Å². The highest BCUT2D eigenvalue weighted by atomic mass is 16.5. The lowest BCUT2D eigenvalue weighted by Gasteiger charge is -2.16. The van der Waals surface area contributed by atoms with Gasteiger partial charge in [0.05, 0.1) is 6.61 Å². The first-order valence-electron chi connectivity index (χ1n) is 7.24. The van der Waals surface area contributed by atoms with Crippen molar-refractivity contribution in [3.05, 3.63) is 42.0 Å². The predicted octanol–water partition coefficient (Wildman–Crippen LogP) is 2.76. The highest BCUT2D eigenvalue weighted by Crippen LogP contribution is 2.33. The van der Waals surface area contributed by atoms with Crippen LogP contribution in [0.5, 0.6) is 5.75 Å². The van der Waals surface area contributed by atoms with Gasteiger partial charge in [0, 0.05) is 30.5 Å². The van der Waals surface area contributed by atoms with Gasteiger partial charge in [-0.25, -0.2) is 0 Å². The fourth-order valence-electron chi connectivity index (χ4n) is 2.31. The Morgan fingerprint density at radius 2 is 2.05 bits per heavy atom. The minimum absolute atomic E-state index is 0.0314. The molecule has 2 rings (SSSR count). The summed E-state index contributed by atoms with van der Waals surface area (Å²) in [6, 6.07) is 12.1. The van der Waals surface area contributed by atoms with Gasteiger partial charge in [-0.05, 0) is 18.7 Å². The third-order valence-corrected chi connectivity index (χ3v) is 3.47. The maximum Gasteiger partial charge on any atom is 0.219 e. The normalized spacial score (nSPS) is 12.1. The highest BCUT2D eigenvalue weighted by molar-refractivity contribution is 5.89. The molecule has 0 aliphatic carbocycles. The minimum atomic E-state index is -0.0939. The van der Waals surface area contributed by atoms with Crippen LogP contribution in [-0.2, 0) is 4.79 Å². The first-order valence-corrected chi connectivity index (χ1v) is 7.24. The second kappa shape index (κ2) is 7.09. The van der Waals surface area contributed by atoms with Gasteiger partial charge in [-0.15, -0.1) is 0 Å². The number of benzene rings is 2. The number of fused-ring (bicyclic) bond motifs is 1. The number of nitrogens with one attached hydrogen (secondary N) is 1. The Morgan fingerprint density at radius 1 is 1.29 bits per heavy atom. The van der Waals surface area contributed by atoms with Crippen molar-refractivity contribution in [3.8, 4) is 5.75 Å². The van der Waals surface area contributed by atoms with Crippen molar-refractivity contribution < 1.29 is 9.53 Å². The van der Waals surface area contributed by atoms with E-state index >= 15 is 0 Å². The molecule has 0 unspecified atom stereocenters. The van der Waals surface area contributed by atoms with Gasteiger partial charge in [0.15, 0.2) is 0 Å². The molecule has 1 amide bonds. The molecule has 2 aromatic carbocycles. The van der Waals surface area contributed by atoms with Crippen LogP contribution < -0.4 is 15.8 Å². The van der Waals surface area contributed by atoms with Crippen molar-refractivity contribution in [2.45, 2.75) is 25.8 Å². The van der Waals surface area contributed by atoms with Gasteiger partial charge in [-0.2, -0.15) is 0 Å². The van der Waals surface area contributed by atoms with Gasteiger partial charge in [0.2, 0.25) is 5.91 Å². The summed E-state index contributed by atoms with van der Waals surface area (Å²) >= 11 is 0. The molecule has 0 fully saturated rings. The summed E-state index contributed by atoms with van der Waals surface area (Å²) in [5.74, 6) is 0.865. The Morgan fingerprint density at radius 3 is 2.76 bits per heavy atom. The molecule has 4 heteroatoms. The minimum Gasteiger partial charge on any atom is -0.493 e. The average molecular weight is 286 g/mol. The van der Waals surface area contributed by atoms with E-state index in [1.54, 1.807) is 7.05 Å². The largest absolute Gasteiger partial charge is 0.493 e. The van der Waals surface area contributed by atoms with E-state index in [0.29, 0.717) is 19.4 Å². The summed E-state index contributed by atoms with van der Waals surface area (Å²) in [6.45, 7) is 2.45. The third kappa shape index (κ3) is 3.73. The molecule has 0 heterocycles. The van der Waals surface area contributed by atoms with Crippen molar-refractivity contribution in [3.63, 3.8) is 0 Å². The van der Waals surface area contributed by atoms with Gasteiger partial charge >= 0.3 is 0 Å². The lowest BCUT2D eigenvalue weighted by Crippen LogP contribution is -2.18. The van der Waals surface area contributed by atoms with E-state index in [9.17, 15) is 4.79 Å². The van der Waals surface area contributed by atoms with Gasteiger partial charge in [-0.3, -0.25) is 4.79 Å². The molecular formula is C17H22N2O2. The van der Waals surface area contributed by atoms with Gasteiger partial charge < -0.3 is 15.8 Å². The standard InChI is InChI=1S/C17H22N2O2/c1-12(18)14-10-9-13-6-3-4-7-15(13)17(14)21-11-5-8-16(20)19-2/h3-4,6-7,9-10,12H,5,8,11,18H2,1-2H3,(H,19,20)/t12-/m0/s1. The zero-order chi connectivity index (χ0) is 15.2. The molecule has 3 N–H and O–H groups in total. The Kier molecular flexibility index (Phi) is 5.17. The molecule has 0 radical (unpaired) electrons. The lowest BCUT2D eigenvalue weighted by molar-refractivity contribution is -0.120. The second-order valence-corrected chi connectivity index (χ2v) is 5.12. The van der Waals surface area contributed by atoms with Crippen LogP contribution >= 0.6 is 0 Å². The van der Waals surface area contributed by atoms with Crippen LogP contribution in [0.15, 0.2) is 36.4 Å². The molecule has 4 nitrogen and oxygen atoms in total. The molecular weight excluding hydrogens is 264 g/mol. The topological polar surface area (TPSA) is 64.3 Å². The smallest absolute Gasteiger partial charge is 0.219 e. The monoisotopic (exact) mass is 286 g/mol. The Labute approximate surface area is 125 Å². The number of hydrogen-bond acceptors (Lipinski definition) is 3. The number of nitrogens with two attached hydrogens (primary N) is 1. The van der Waals surface area contributed by atoms with E-state index in [1.165, 1.54) is 0 Å². The molecule has 0 aromatic heterocycles. The molecule has 0 bridgehead atoms. The van der Waals surface area contributed by atoms with Gasteiger partial charge in [0.25, 0.3) is 0 Å². The molecule has 0 saturated carbocycles. The quantitative estimate of drug-likeness (QED) is 0.803. The highest BCUT2D eigenvalue weighted by Gasteiger charge is 2.12. The molecule has 0 aliphatic rings. The molecule has 1 atom stereocenters. The first-order chi connectivity index (χ1) is 10.1. The second-order valence-electron chi connectivity index (χ2n) is 5.12. The number of carbonyl (C=O) groups is 1. The molecule has 2 aromatic rings. The van der Waals surface area contributed by atoms with Crippen LogP contribution in [0.4, 0.5) is 0 Å². The van der Waals surface area contributed by atoms with Crippen LogP contribution in [0.3, 0.4) is 0 Å². The summed E-state index contributed by atoms with van der Waals surface area (Å²) in [7, 11) is 1.64. The molecule has 0 aliphatic heterocycles. The van der Waals surface area contributed by atoms with Crippen molar-refractivity contribution in [2.24, 2.45) is 5.73 Å². The Hall–Kier alpha value is -2.07. The summed E-state index contributed by atoms with van der Waals surface area (Å²) in [4.78, 5) is 11.2. The maximum absolute atomic E-state index is 11.2. The number of hydrogen-bond donors (Lipinski definition) is 2. The van der Waals surface area contributed by atoms with Gasteiger partial charge in [-0.1, -0.05) is 36.4 Å². The third-order valence-electron chi connectivity index (χ3n) is 3.47. The summed E-state index contributed by atoms with van der Waals surface area (Å²) in [6.07, 6.45) is 1.15. The van der Waals surface area contributed by atoms with E-state index in [1.807, 2.05) is 31.2 Å². The van der Waals surface area contributed by atoms with Crippen molar-refractivity contribution in [2.75, 3.05) is 13.7 Å². The number of rotatable bonds is 6. The van der Waals surface area contributed by atoms with E-state index in [2.05, 4.69) is 17.4 Å². The fraction of sp³-hybridized carbons (Fsp3) is 0.353. The summed E-state index contributed by atoms with van der Waals surface area (Å²) in [5, 5.41) is 4.80. The number of carbonyl (C=O) groups excluding carboxylic acids is 1. The summed E-state index contributed by atoms with van der Waals surface area (Å²) < 4.78 is 5.95. The van der Waals surface area contributed by atoms with E-state index in [-0.39, 0.29) is 11.9 Å². The summed E-state index contributed by atoms with van der Waals surface area (Å²) in [5.41, 5.74) is 7.03. The fourth-order valence-corrected chi connectivity index (χ4v) is 2.31. The number of ether oxygens (including phenoxy) is 1. The molecule has 21 heavy (non-hydrogen) atoms. The lowest BCUT2D eigenvalue weighted by atomic mass is 10.0. The Balaban J connectivity index is 2.19. The maximum atomic E-state index is 11.2. The van der Waals surface area contributed by atoms with Crippen molar-refractivity contribution >= 4 is 16.7 Å². The van der Waals surface area contributed by atoms with Crippen LogP contribution in [0, 0.1) is 0 Å². The average Bonchev–Trinajstić information content (AvgIpc) is 2.50. The Bertz CT molecular complexity index is 623. The molecule has 0 saturated heterocycles. The first kappa shape index (κ1) is 15.3. The zero-order valence-corrected chi connectivity index (χ0v) is 12.6. The predicted molar refractivity (Wildman–Crippen MR) is 85.3 cm³/mol. The van der Waals surface area contributed by atoms with Crippen LogP contribution in [0.2, 0.25) is 0 Å². The van der Waals surface area contributed by atoms with E-state index in [4.69, 9.17) is 10.5 Å². The molecule has 112 valence electrons. The van der Waals surface area contributed by atoms with Crippen LogP contribution in [-0.4, -0.2) is 19.6 Å². The van der Waals surface area contributed by atoms with Gasteiger partial charge in [0.1, 0.15) is 5.75 Å². The van der Waals surface area contributed by atoms with Crippen LogP contribution in [0.25, 0.3) is 10.8 Å². The molecule has 0 spiro atoms.